The lowest BCUT2D eigenvalue weighted by Crippen LogP contribution is -2.44. The van der Waals surface area contributed by atoms with E-state index in [1.165, 1.54) is 5.56 Å². The Bertz CT molecular complexity index is 994. The van der Waals surface area contributed by atoms with E-state index in [0.29, 0.717) is 34.4 Å². The number of rotatable bonds is 6. The maximum Gasteiger partial charge on any atom is 0.307 e. The Morgan fingerprint density at radius 2 is 1.88 bits per heavy atom. The summed E-state index contributed by atoms with van der Waals surface area (Å²) in [6.07, 6.45) is 5.53. The van der Waals surface area contributed by atoms with E-state index >= 15 is 0 Å². The SMILES string of the molecule is CC(C)(C)OC(=O)CCN1CCC2(CC1)COc1cc(OCc3c(Cl)cncc3Cl)ccc12. The summed E-state index contributed by atoms with van der Waals surface area (Å²) in [7, 11) is 0. The number of carbonyl (C=O) groups is 1. The number of halogens is 2. The monoisotopic (exact) mass is 492 g/mol. The fourth-order valence-corrected chi connectivity index (χ4v) is 4.91. The van der Waals surface area contributed by atoms with Crippen molar-refractivity contribution >= 4 is 29.2 Å². The molecule has 0 bridgehead atoms. The topological polar surface area (TPSA) is 60.9 Å². The number of pyridine rings is 1. The average Bonchev–Trinajstić information content (AvgIpc) is 3.09. The molecule has 1 fully saturated rings. The average molecular weight is 493 g/mol. The van der Waals surface area contributed by atoms with Gasteiger partial charge in [-0.1, -0.05) is 29.3 Å². The highest BCUT2D eigenvalue weighted by atomic mass is 35.5. The van der Waals surface area contributed by atoms with E-state index in [0.717, 1.165) is 38.2 Å². The zero-order valence-electron chi connectivity index (χ0n) is 19.3. The minimum Gasteiger partial charge on any atom is -0.492 e. The molecule has 8 heteroatoms. The lowest BCUT2D eigenvalue weighted by atomic mass is 9.74. The van der Waals surface area contributed by atoms with Crippen molar-refractivity contribution in [2.45, 2.75) is 57.7 Å². The third-order valence-electron chi connectivity index (χ3n) is 6.23. The lowest BCUT2D eigenvalue weighted by Gasteiger charge is -2.38. The molecule has 0 unspecified atom stereocenters. The minimum absolute atomic E-state index is 0.0218. The molecule has 4 rings (SSSR count). The van der Waals surface area contributed by atoms with Gasteiger partial charge in [-0.2, -0.15) is 0 Å². The molecule has 0 radical (unpaired) electrons. The molecule has 2 aromatic rings. The highest BCUT2D eigenvalue weighted by Crippen LogP contribution is 2.46. The van der Waals surface area contributed by atoms with Gasteiger partial charge in [0.2, 0.25) is 0 Å². The Balaban J connectivity index is 1.33. The number of hydrogen-bond donors (Lipinski definition) is 0. The van der Waals surface area contributed by atoms with E-state index in [1.54, 1.807) is 12.4 Å². The molecule has 1 spiro atoms. The molecule has 0 atom stereocenters. The van der Waals surface area contributed by atoms with Crippen molar-refractivity contribution in [3.8, 4) is 11.5 Å². The van der Waals surface area contributed by atoms with E-state index in [1.807, 2.05) is 32.9 Å². The Hall–Kier alpha value is -2.02. The van der Waals surface area contributed by atoms with Crippen molar-refractivity contribution in [2.75, 3.05) is 26.2 Å². The molecule has 3 heterocycles. The number of esters is 1. The first-order valence-corrected chi connectivity index (χ1v) is 12.0. The van der Waals surface area contributed by atoms with Crippen LogP contribution in [-0.4, -0.2) is 47.7 Å². The van der Waals surface area contributed by atoms with Crippen molar-refractivity contribution in [3.63, 3.8) is 0 Å². The summed E-state index contributed by atoms with van der Waals surface area (Å²) in [5, 5.41) is 0.967. The van der Waals surface area contributed by atoms with Crippen LogP contribution in [0.5, 0.6) is 11.5 Å². The van der Waals surface area contributed by atoms with Crippen molar-refractivity contribution in [2.24, 2.45) is 0 Å². The predicted molar refractivity (Wildman–Crippen MR) is 128 cm³/mol. The van der Waals surface area contributed by atoms with Crippen LogP contribution in [0.15, 0.2) is 30.6 Å². The van der Waals surface area contributed by atoms with E-state index < -0.39 is 5.60 Å². The molecule has 0 N–H and O–H groups in total. The molecule has 0 saturated carbocycles. The van der Waals surface area contributed by atoms with Crippen molar-refractivity contribution in [1.29, 1.82) is 0 Å². The molecule has 1 aromatic carbocycles. The molecule has 0 aliphatic carbocycles. The normalized spacial score (nSPS) is 17.5. The summed E-state index contributed by atoms with van der Waals surface area (Å²) in [4.78, 5) is 18.3. The molecule has 1 saturated heterocycles. The summed E-state index contributed by atoms with van der Waals surface area (Å²) in [5.41, 5.74) is 1.54. The summed E-state index contributed by atoms with van der Waals surface area (Å²) < 4.78 is 17.4. The molecule has 2 aliphatic rings. The van der Waals surface area contributed by atoms with Crippen LogP contribution in [0.2, 0.25) is 10.0 Å². The molecule has 0 amide bonds. The highest BCUT2D eigenvalue weighted by molar-refractivity contribution is 6.35. The van der Waals surface area contributed by atoms with Gasteiger partial charge in [0.05, 0.1) is 23.1 Å². The van der Waals surface area contributed by atoms with Gasteiger partial charge >= 0.3 is 5.97 Å². The summed E-state index contributed by atoms with van der Waals surface area (Å²) in [6.45, 7) is 9.22. The van der Waals surface area contributed by atoms with E-state index in [2.05, 4.69) is 16.0 Å². The molecule has 2 aliphatic heterocycles. The van der Waals surface area contributed by atoms with Crippen molar-refractivity contribution in [1.82, 2.24) is 9.88 Å². The van der Waals surface area contributed by atoms with Gasteiger partial charge in [0.25, 0.3) is 0 Å². The first-order valence-electron chi connectivity index (χ1n) is 11.3. The zero-order valence-corrected chi connectivity index (χ0v) is 20.8. The Labute approximate surface area is 205 Å². The number of benzene rings is 1. The number of piperidine rings is 1. The molecule has 6 nitrogen and oxygen atoms in total. The van der Waals surface area contributed by atoms with E-state index in [9.17, 15) is 4.79 Å². The first kappa shape index (κ1) is 24.1. The number of nitrogens with zero attached hydrogens (tertiary/aromatic N) is 2. The molecular weight excluding hydrogens is 463 g/mol. The van der Waals surface area contributed by atoms with E-state index in [-0.39, 0.29) is 18.0 Å². The predicted octanol–water partition coefficient (Wildman–Crippen LogP) is 5.43. The quantitative estimate of drug-likeness (QED) is 0.501. The van der Waals surface area contributed by atoms with Crippen molar-refractivity contribution in [3.05, 3.63) is 51.8 Å². The van der Waals surface area contributed by atoms with Gasteiger partial charge < -0.3 is 19.1 Å². The molecule has 1 aromatic heterocycles. The van der Waals surface area contributed by atoms with Gasteiger partial charge in [-0.3, -0.25) is 9.78 Å². The largest absolute Gasteiger partial charge is 0.492 e. The second-order valence-corrected chi connectivity index (χ2v) is 10.6. The third-order valence-corrected chi connectivity index (χ3v) is 6.88. The number of aromatic nitrogens is 1. The van der Waals surface area contributed by atoms with Gasteiger partial charge in [0.1, 0.15) is 23.7 Å². The van der Waals surface area contributed by atoms with Crippen LogP contribution >= 0.6 is 23.2 Å². The van der Waals surface area contributed by atoms with Gasteiger partial charge in [-0.15, -0.1) is 0 Å². The van der Waals surface area contributed by atoms with Crippen LogP contribution in [0.25, 0.3) is 0 Å². The Morgan fingerprint density at radius 1 is 1.18 bits per heavy atom. The summed E-state index contributed by atoms with van der Waals surface area (Å²) >= 11 is 12.4. The fourth-order valence-electron chi connectivity index (χ4n) is 4.44. The smallest absolute Gasteiger partial charge is 0.307 e. The van der Waals surface area contributed by atoms with Crippen LogP contribution in [0.1, 0.15) is 51.2 Å². The van der Waals surface area contributed by atoms with Crippen molar-refractivity contribution < 1.29 is 19.0 Å². The number of hydrogen-bond acceptors (Lipinski definition) is 6. The van der Waals surface area contributed by atoms with Gasteiger partial charge in [0.15, 0.2) is 0 Å². The number of fused-ring (bicyclic) bond motifs is 2. The first-order chi connectivity index (χ1) is 15.7. The molecule has 33 heavy (non-hydrogen) atoms. The number of carbonyl (C=O) groups excluding carboxylic acids is 1. The standard InChI is InChI=1S/C25H30Cl2N2O4/c1-24(2,3)33-23(30)6-9-29-10-7-25(8-11-29)16-32-22-12-17(4-5-19(22)25)31-15-18-20(26)13-28-14-21(18)27/h4-5,12-14H,6-11,15-16H2,1-3H3. The maximum absolute atomic E-state index is 12.0. The van der Waals surface area contributed by atoms with Crippen LogP contribution in [0.3, 0.4) is 0 Å². The van der Waals surface area contributed by atoms with Crippen LogP contribution in [0.4, 0.5) is 0 Å². The minimum atomic E-state index is -0.437. The lowest BCUT2D eigenvalue weighted by molar-refractivity contribution is -0.155. The summed E-state index contributed by atoms with van der Waals surface area (Å²) in [6, 6.07) is 6.04. The second-order valence-electron chi connectivity index (χ2n) is 9.78. The van der Waals surface area contributed by atoms with Gasteiger partial charge in [-0.05, 0) is 52.8 Å². The molecule has 178 valence electrons. The van der Waals surface area contributed by atoms with Crippen LogP contribution in [0, 0.1) is 0 Å². The maximum atomic E-state index is 12.0. The third kappa shape index (κ3) is 5.73. The zero-order chi connectivity index (χ0) is 23.6. The van der Waals surface area contributed by atoms with Gasteiger partial charge in [-0.25, -0.2) is 0 Å². The fraction of sp³-hybridized carbons (Fsp3) is 0.520. The Morgan fingerprint density at radius 3 is 2.55 bits per heavy atom. The van der Waals surface area contributed by atoms with Crippen LogP contribution in [-0.2, 0) is 21.6 Å². The Kier molecular flexibility index (Phi) is 7.08. The summed E-state index contributed by atoms with van der Waals surface area (Å²) in [5.74, 6) is 1.45. The van der Waals surface area contributed by atoms with E-state index in [4.69, 9.17) is 37.4 Å². The number of ether oxygens (including phenoxy) is 3. The van der Waals surface area contributed by atoms with Gasteiger partial charge in [0, 0.05) is 41.5 Å². The highest BCUT2D eigenvalue weighted by Gasteiger charge is 2.43. The second kappa shape index (κ2) is 9.69. The number of likely N-dealkylation sites (tertiary alicyclic amines) is 1. The molecular formula is C25H30Cl2N2O4. The van der Waals surface area contributed by atoms with Crippen LogP contribution < -0.4 is 9.47 Å².